The zero-order valence-electron chi connectivity index (χ0n) is 10.0. The summed E-state index contributed by atoms with van der Waals surface area (Å²) in [5.41, 5.74) is 2.00. The first-order chi connectivity index (χ1) is 7.66. The number of benzene rings is 1. The Morgan fingerprint density at radius 2 is 2.31 bits per heavy atom. The van der Waals surface area contributed by atoms with Gasteiger partial charge in [0.2, 0.25) is 0 Å². The first-order valence-electron chi connectivity index (χ1n) is 5.90. The van der Waals surface area contributed by atoms with E-state index in [0.29, 0.717) is 11.8 Å². The number of nitrogens with zero attached hydrogens (tertiary/aromatic N) is 1. The van der Waals surface area contributed by atoms with E-state index >= 15 is 0 Å². The van der Waals surface area contributed by atoms with Crippen LogP contribution >= 0.6 is 0 Å². The first-order valence-corrected chi connectivity index (χ1v) is 5.90. The lowest BCUT2D eigenvalue weighted by atomic mass is 10.1. The van der Waals surface area contributed by atoms with Crippen LogP contribution in [0.1, 0.15) is 18.1 Å². The van der Waals surface area contributed by atoms with Crippen molar-refractivity contribution in [2.24, 2.45) is 0 Å². The van der Waals surface area contributed by atoms with Gasteiger partial charge < -0.3 is 10.4 Å². The summed E-state index contributed by atoms with van der Waals surface area (Å²) in [4.78, 5) is 2.38. The second kappa shape index (κ2) is 4.85. The molecule has 0 unspecified atom stereocenters. The predicted octanol–water partition coefficient (Wildman–Crippen LogP) is 1.49. The van der Waals surface area contributed by atoms with Gasteiger partial charge in [-0.25, -0.2) is 0 Å². The first kappa shape index (κ1) is 11.4. The number of phenolic OH excluding ortho intramolecular Hbond substituents is 1. The Labute approximate surface area is 97.1 Å². The lowest BCUT2D eigenvalue weighted by molar-refractivity contribution is 0.198. The molecule has 0 radical (unpaired) electrons. The molecule has 0 amide bonds. The fraction of sp³-hybridized carbons (Fsp3) is 0.538. The average Bonchev–Trinajstić information content (AvgIpc) is 2.25. The maximum Gasteiger partial charge on any atom is 0.122 e. The van der Waals surface area contributed by atoms with Crippen molar-refractivity contribution in [3.63, 3.8) is 0 Å². The molecule has 1 saturated heterocycles. The van der Waals surface area contributed by atoms with E-state index in [2.05, 4.69) is 17.1 Å². The van der Waals surface area contributed by atoms with Gasteiger partial charge in [0.05, 0.1) is 0 Å². The molecule has 3 nitrogen and oxygen atoms in total. The molecule has 1 aliphatic heterocycles. The highest BCUT2D eigenvalue weighted by Gasteiger charge is 2.16. The van der Waals surface area contributed by atoms with Crippen molar-refractivity contribution < 1.29 is 5.11 Å². The lowest BCUT2D eigenvalue weighted by Gasteiger charge is -2.32. The number of para-hydroxylation sites is 1. The fourth-order valence-corrected chi connectivity index (χ4v) is 2.24. The Kier molecular flexibility index (Phi) is 3.46. The van der Waals surface area contributed by atoms with Crippen molar-refractivity contribution in [1.82, 2.24) is 10.2 Å². The molecule has 1 atom stereocenters. The molecule has 1 aromatic carbocycles. The van der Waals surface area contributed by atoms with Gasteiger partial charge >= 0.3 is 0 Å². The monoisotopic (exact) mass is 220 g/mol. The summed E-state index contributed by atoms with van der Waals surface area (Å²) in [5.74, 6) is 0.452. The second-order valence-electron chi connectivity index (χ2n) is 4.67. The summed E-state index contributed by atoms with van der Waals surface area (Å²) >= 11 is 0. The van der Waals surface area contributed by atoms with Crippen molar-refractivity contribution in [2.75, 3.05) is 19.6 Å². The van der Waals surface area contributed by atoms with Crippen LogP contribution in [0.5, 0.6) is 5.75 Å². The minimum absolute atomic E-state index is 0.452. The van der Waals surface area contributed by atoms with Gasteiger partial charge in [0.1, 0.15) is 5.75 Å². The van der Waals surface area contributed by atoms with Gasteiger partial charge in [-0.3, -0.25) is 4.90 Å². The van der Waals surface area contributed by atoms with E-state index in [0.717, 1.165) is 37.3 Å². The molecule has 16 heavy (non-hydrogen) atoms. The third kappa shape index (κ3) is 2.54. The van der Waals surface area contributed by atoms with Crippen molar-refractivity contribution in [3.8, 4) is 5.75 Å². The Bertz CT molecular complexity index is 365. The number of hydrogen-bond donors (Lipinski definition) is 2. The highest BCUT2D eigenvalue weighted by Crippen LogP contribution is 2.23. The Hall–Kier alpha value is -1.06. The average molecular weight is 220 g/mol. The van der Waals surface area contributed by atoms with E-state index in [1.807, 2.05) is 25.1 Å². The maximum absolute atomic E-state index is 9.95. The fourth-order valence-electron chi connectivity index (χ4n) is 2.24. The summed E-state index contributed by atoms with van der Waals surface area (Å²) in [5, 5.41) is 13.4. The van der Waals surface area contributed by atoms with Crippen molar-refractivity contribution in [2.45, 2.75) is 26.4 Å². The van der Waals surface area contributed by atoms with E-state index in [1.165, 1.54) is 0 Å². The van der Waals surface area contributed by atoms with E-state index in [9.17, 15) is 5.11 Å². The van der Waals surface area contributed by atoms with Gasteiger partial charge in [0.25, 0.3) is 0 Å². The zero-order chi connectivity index (χ0) is 11.5. The van der Waals surface area contributed by atoms with Gasteiger partial charge in [-0.05, 0) is 19.4 Å². The molecule has 0 aliphatic carbocycles. The van der Waals surface area contributed by atoms with E-state index in [1.54, 1.807) is 0 Å². The third-order valence-electron chi connectivity index (χ3n) is 3.17. The normalized spacial score (nSPS) is 22.2. The molecule has 1 aromatic rings. The molecule has 3 heteroatoms. The van der Waals surface area contributed by atoms with Gasteiger partial charge in [0, 0.05) is 37.8 Å². The van der Waals surface area contributed by atoms with Crippen LogP contribution in [0.4, 0.5) is 0 Å². The number of aromatic hydroxyl groups is 1. The van der Waals surface area contributed by atoms with Crippen LogP contribution in [-0.2, 0) is 6.54 Å². The van der Waals surface area contributed by atoms with Crippen LogP contribution < -0.4 is 5.32 Å². The van der Waals surface area contributed by atoms with Crippen molar-refractivity contribution in [3.05, 3.63) is 29.3 Å². The van der Waals surface area contributed by atoms with Crippen LogP contribution in [0, 0.1) is 6.92 Å². The molecule has 0 bridgehead atoms. The largest absolute Gasteiger partial charge is 0.507 e. The van der Waals surface area contributed by atoms with Crippen molar-refractivity contribution in [1.29, 1.82) is 0 Å². The minimum Gasteiger partial charge on any atom is -0.507 e. The highest BCUT2D eigenvalue weighted by molar-refractivity contribution is 5.39. The van der Waals surface area contributed by atoms with Gasteiger partial charge in [-0.1, -0.05) is 18.2 Å². The van der Waals surface area contributed by atoms with Gasteiger partial charge in [-0.15, -0.1) is 0 Å². The van der Waals surface area contributed by atoms with Crippen LogP contribution in [0.15, 0.2) is 18.2 Å². The Morgan fingerprint density at radius 1 is 1.50 bits per heavy atom. The van der Waals surface area contributed by atoms with Crippen LogP contribution in [0.3, 0.4) is 0 Å². The minimum atomic E-state index is 0.452. The molecule has 2 rings (SSSR count). The second-order valence-corrected chi connectivity index (χ2v) is 4.67. The van der Waals surface area contributed by atoms with Crippen molar-refractivity contribution >= 4 is 0 Å². The standard InChI is InChI=1S/C13H20N2O/c1-10-4-3-5-12(13(10)16)9-15-7-6-14-11(2)8-15/h3-5,11,14,16H,6-9H2,1-2H3/t11-/m0/s1. The lowest BCUT2D eigenvalue weighted by Crippen LogP contribution is -2.48. The van der Waals surface area contributed by atoms with Crippen LogP contribution in [0.25, 0.3) is 0 Å². The maximum atomic E-state index is 9.95. The third-order valence-corrected chi connectivity index (χ3v) is 3.17. The predicted molar refractivity (Wildman–Crippen MR) is 65.6 cm³/mol. The quantitative estimate of drug-likeness (QED) is 0.792. The zero-order valence-corrected chi connectivity index (χ0v) is 10.0. The number of aryl methyl sites for hydroxylation is 1. The molecule has 2 N–H and O–H groups in total. The van der Waals surface area contributed by atoms with Gasteiger partial charge in [-0.2, -0.15) is 0 Å². The molecule has 88 valence electrons. The summed E-state index contributed by atoms with van der Waals surface area (Å²) in [6.07, 6.45) is 0. The molecule has 1 fully saturated rings. The molecule has 0 saturated carbocycles. The number of rotatable bonds is 2. The number of hydrogen-bond acceptors (Lipinski definition) is 3. The van der Waals surface area contributed by atoms with E-state index in [4.69, 9.17) is 0 Å². The SMILES string of the molecule is Cc1cccc(CN2CCN[C@@H](C)C2)c1O. The molecule has 1 heterocycles. The molecule has 0 aromatic heterocycles. The number of phenols is 1. The Morgan fingerprint density at radius 3 is 3.06 bits per heavy atom. The van der Waals surface area contributed by atoms with Crippen LogP contribution in [0.2, 0.25) is 0 Å². The molecule has 1 aliphatic rings. The van der Waals surface area contributed by atoms with Crippen LogP contribution in [-0.4, -0.2) is 35.7 Å². The summed E-state index contributed by atoms with van der Waals surface area (Å²) in [6.45, 7) is 8.12. The van der Waals surface area contributed by atoms with E-state index < -0.39 is 0 Å². The smallest absolute Gasteiger partial charge is 0.122 e. The number of nitrogens with one attached hydrogen (secondary N) is 1. The summed E-state index contributed by atoms with van der Waals surface area (Å²) < 4.78 is 0. The number of piperazine rings is 1. The highest BCUT2D eigenvalue weighted by atomic mass is 16.3. The van der Waals surface area contributed by atoms with E-state index in [-0.39, 0.29) is 0 Å². The summed E-state index contributed by atoms with van der Waals surface area (Å²) in [6, 6.07) is 6.50. The Balaban J connectivity index is 2.05. The molecule has 0 spiro atoms. The molecular weight excluding hydrogens is 200 g/mol. The molecular formula is C13H20N2O. The summed E-state index contributed by atoms with van der Waals surface area (Å²) in [7, 11) is 0. The topological polar surface area (TPSA) is 35.5 Å². The van der Waals surface area contributed by atoms with Gasteiger partial charge in [0.15, 0.2) is 0 Å².